The van der Waals surface area contributed by atoms with Gasteiger partial charge in [-0.1, -0.05) is 6.92 Å². The number of carbonyl (C=O) groups excluding carboxylic acids is 1. The SMILES string of the molecule is CC1CN(C(=O)C(C)(O)C(F)(F)F)CCC1n1cnnc1-c1ccc(F)cc1. The van der Waals surface area contributed by atoms with E-state index < -0.39 is 17.7 Å². The monoisotopic (exact) mass is 400 g/mol. The Morgan fingerprint density at radius 2 is 1.89 bits per heavy atom. The number of aromatic nitrogens is 3. The molecule has 1 fully saturated rings. The van der Waals surface area contributed by atoms with Gasteiger partial charge < -0.3 is 14.6 Å². The second-order valence-electron chi connectivity index (χ2n) is 7.22. The smallest absolute Gasteiger partial charge is 0.373 e. The predicted molar refractivity (Wildman–Crippen MR) is 91.5 cm³/mol. The summed E-state index contributed by atoms with van der Waals surface area (Å²) in [5.74, 6) is -1.43. The lowest BCUT2D eigenvalue weighted by Gasteiger charge is -2.40. The number of halogens is 4. The Kier molecular flexibility index (Phi) is 5.18. The number of nitrogens with zero attached hydrogens (tertiary/aromatic N) is 4. The largest absolute Gasteiger partial charge is 0.426 e. The molecule has 1 aliphatic rings. The van der Waals surface area contributed by atoms with Crippen LogP contribution in [0.5, 0.6) is 0 Å². The van der Waals surface area contributed by atoms with Crippen molar-refractivity contribution in [3.8, 4) is 11.4 Å². The molecule has 2 heterocycles. The van der Waals surface area contributed by atoms with Crippen LogP contribution in [0.25, 0.3) is 11.4 Å². The number of hydrogen-bond donors (Lipinski definition) is 1. The van der Waals surface area contributed by atoms with Gasteiger partial charge in [0.1, 0.15) is 12.1 Å². The summed E-state index contributed by atoms with van der Waals surface area (Å²) in [6, 6.07) is 5.59. The molecule has 0 spiro atoms. The third kappa shape index (κ3) is 3.60. The summed E-state index contributed by atoms with van der Waals surface area (Å²) >= 11 is 0. The maximum absolute atomic E-state index is 13.2. The summed E-state index contributed by atoms with van der Waals surface area (Å²) in [6.45, 7) is 2.39. The van der Waals surface area contributed by atoms with Gasteiger partial charge in [0.25, 0.3) is 5.91 Å². The first-order valence-corrected chi connectivity index (χ1v) is 8.76. The molecule has 6 nitrogen and oxygen atoms in total. The maximum atomic E-state index is 13.2. The second-order valence-corrected chi connectivity index (χ2v) is 7.22. The third-order valence-corrected chi connectivity index (χ3v) is 5.15. The van der Waals surface area contributed by atoms with E-state index in [0.717, 1.165) is 4.90 Å². The molecule has 0 aliphatic carbocycles. The molecule has 1 aromatic heterocycles. The van der Waals surface area contributed by atoms with E-state index in [0.29, 0.717) is 24.7 Å². The van der Waals surface area contributed by atoms with Crippen LogP contribution in [0.1, 0.15) is 26.3 Å². The molecule has 1 saturated heterocycles. The molecule has 3 unspecified atom stereocenters. The minimum atomic E-state index is -5.05. The third-order valence-electron chi connectivity index (χ3n) is 5.15. The van der Waals surface area contributed by atoms with Gasteiger partial charge >= 0.3 is 6.18 Å². The summed E-state index contributed by atoms with van der Waals surface area (Å²) in [4.78, 5) is 13.3. The zero-order valence-electron chi connectivity index (χ0n) is 15.3. The van der Waals surface area contributed by atoms with E-state index >= 15 is 0 Å². The molecule has 0 saturated carbocycles. The van der Waals surface area contributed by atoms with Crippen LogP contribution in [0, 0.1) is 11.7 Å². The molecule has 1 N–H and O–H groups in total. The number of alkyl halides is 3. The average Bonchev–Trinajstić information content (AvgIpc) is 3.10. The fraction of sp³-hybridized carbons (Fsp3) is 0.500. The van der Waals surface area contributed by atoms with Gasteiger partial charge in [0.15, 0.2) is 5.82 Å². The minimum absolute atomic E-state index is 0.0523. The Balaban J connectivity index is 1.78. The van der Waals surface area contributed by atoms with Crippen LogP contribution in [0.3, 0.4) is 0 Å². The van der Waals surface area contributed by atoms with Crippen molar-refractivity contribution in [2.24, 2.45) is 5.92 Å². The first-order chi connectivity index (χ1) is 13.0. The van der Waals surface area contributed by atoms with Crippen LogP contribution in [0.4, 0.5) is 17.6 Å². The van der Waals surface area contributed by atoms with Crippen molar-refractivity contribution in [3.63, 3.8) is 0 Å². The predicted octanol–water partition coefficient (Wildman–Crippen LogP) is 2.81. The molecule has 3 atom stereocenters. The summed E-state index contributed by atoms with van der Waals surface area (Å²) in [5, 5.41) is 17.6. The lowest BCUT2D eigenvalue weighted by atomic mass is 9.91. The zero-order valence-corrected chi connectivity index (χ0v) is 15.3. The molecule has 10 heteroatoms. The van der Waals surface area contributed by atoms with E-state index in [-0.39, 0.29) is 30.9 Å². The average molecular weight is 400 g/mol. The zero-order chi connectivity index (χ0) is 20.7. The van der Waals surface area contributed by atoms with E-state index in [9.17, 15) is 27.5 Å². The summed E-state index contributed by atoms with van der Waals surface area (Å²) in [6.07, 6.45) is -3.16. The Bertz CT molecular complexity index is 848. The number of likely N-dealkylation sites (tertiary alicyclic amines) is 1. The van der Waals surface area contributed by atoms with E-state index in [1.807, 2.05) is 0 Å². The number of aliphatic hydroxyl groups is 1. The van der Waals surface area contributed by atoms with E-state index in [2.05, 4.69) is 10.2 Å². The first kappa shape index (κ1) is 20.2. The number of amides is 1. The molecule has 1 aromatic carbocycles. The quantitative estimate of drug-likeness (QED) is 0.805. The molecule has 3 rings (SSSR count). The van der Waals surface area contributed by atoms with Crippen LogP contribution in [0.2, 0.25) is 0 Å². The second kappa shape index (κ2) is 7.16. The molecule has 0 bridgehead atoms. The lowest BCUT2D eigenvalue weighted by Crippen LogP contribution is -2.58. The highest BCUT2D eigenvalue weighted by molar-refractivity contribution is 5.85. The number of carbonyl (C=O) groups is 1. The standard InChI is InChI=1S/C18H20F4N4O2/c1-11-9-25(16(27)17(2,28)18(20,21)22)8-7-14(11)26-10-23-24-15(26)12-3-5-13(19)6-4-12/h3-6,10-11,14,28H,7-9H2,1-2H3. The topological polar surface area (TPSA) is 71.2 Å². The fourth-order valence-electron chi connectivity index (χ4n) is 3.45. The molecular weight excluding hydrogens is 380 g/mol. The van der Waals surface area contributed by atoms with E-state index in [4.69, 9.17) is 0 Å². The van der Waals surface area contributed by atoms with Gasteiger partial charge in [-0.3, -0.25) is 4.79 Å². The van der Waals surface area contributed by atoms with E-state index in [1.165, 1.54) is 18.5 Å². The summed E-state index contributed by atoms with van der Waals surface area (Å²) in [7, 11) is 0. The Morgan fingerprint density at radius 3 is 2.46 bits per heavy atom. The van der Waals surface area contributed by atoms with Crippen molar-refractivity contribution in [1.29, 1.82) is 0 Å². The fourth-order valence-corrected chi connectivity index (χ4v) is 3.45. The highest BCUT2D eigenvalue weighted by Gasteiger charge is 2.57. The van der Waals surface area contributed by atoms with Gasteiger partial charge in [0.05, 0.1) is 0 Å². The lowest BCUT2D eigenvalue weighted by molar-refractivity contribution is -0.251. The molecular formula is C18H20F4N4O2. The van der Waals surface area contributed by atoms with Crippen molar-refractivity contribution in [3.05, 3.63) is 36.4 Å². The van der Waals surface area contributed by atoms with Gasteiger partial charge in [0, 0.05) is 24.7 Å². The molecule has 2 aromatic rings. The van der Waals surface area contributed by atoms with Crippen molar-refractivity contribution in [2.45, 2.75) is 38.1 Å². The maximum Gasteiger partial charge on any atom is 0.426 e. The molecule has 1 amide bonds. The van der Waals surface area contributed by atoms with Crippen LogP contribution < -0.4 is 0 Å². The summed E-state index contributed by atoms with van der Waals surface area (Å²) < 4.78 is 53.8. The van der Waals surface area contributed by atoms with Gasteiger partial charge in [-0.15, -0.1) is 10.2 Å². The van der Waals surface area contributed by atoms with E-state index in [1.54, 1.807) is 23.6 Å². The van der Waals surface area contributed by atoms with Gasteiger partial charge in [-0.2, -0.15) is 13.2 Å². The van der Waals surface area contributed by atoms with Crippen LogP contribution in [-0.2, 0) is 4.79 Å². The molecule has 1 aliphatic heterocycles. The van der Waals surface area contributed by atoms with Crippen molar-refractivity contribution in [1.82, 2.24) is 19.7 Å². The van der Waals surface area contributed by atoms with Crippen LogP contribution in [0.15, 0.2) is 30.6 Å². The summed E-state index contributed by atoms with van der Waals surface area (Å²) in [5.41, 5.74) is -2.76. The minimum Gasteiger partial charge on any atom is -0.373 e. The number of hydrogen-bond acceptors (Lipinski definition) is 4. The Labute approximate surface area is 158 Å². The first-order valence-electron chi connectivity index (χ1n) is 8.76. The molecule has 152 valence electrons. The van der Waals surface area contributed by atoms with Crippen LogP contribution in [-0.4, -0.2) is 55.5 Å². The number of piperidine rings is 1. The highest BCUT2D eigenvalue weighted by Crippen LogP contribution is 2.36. The van der Waals surface area contributed by atoms with Gasteiger partial charge in [-0.05, 0) is 43.5 Å². The van der Waals surface area contributed by atoms with Crippen molar-refractivity contribution in [2.75, 3.05) is 13.1 Å². The number of benzene rings is 1. The van der Waals surface area contributed by atoms with Crippen molar-refractivity contribution < 1.29 is 27.5 Å². The highest BCUT2D eigenvalue weighted by atomic mass is 19.4. The Morgan fingerprint density at radius 1 is 1.25 bits per heavy atom. The Hall–Kier alpha value is -2.49. The molecule has 28 heavy (non-hydrogen) atoms. The van der Waals surface area contributed by atoms with Crippen molar-refractivity contribution >= 4 is 5.91 Å². The molecule has 0 radical (unpaired) electrons. The normalized spacial score (nSPS) is 22.8. The number of rotatable bonds is 3. The van der Waals surface area contributed by atoms with Gasteiger partial charge in [0.2, 0.25) is 5.60 Å². The van der Waals surface area contributed by atoms with Crippen LogP contribution >= 0.6 is 0 Å². The van der Waals surface area contributed by atoms with Gasteiger partial charge in [-0.25, -0.2) is 4.39 Å².